The Balaban J connectivity index is 0.00000484. The Morgan fingerprint density at radius 3 is 2.13 bits per heavy atom. The molecular weight excluding hydrogens is 310 g/mol. The fraction of sp³-hybridized carbons (Fsp3) is 0.684. The number of nitrogens with one attached hydrogen (secondary N) is 1. The highest BCUT2D eigenvalue weighted by Crippen LogP contribution is 2.26. The summed E-state index contributed by atoms with van der Waals surface area (Å²) < 4.78 is 5.64. The Bertz CT molecular complexity index is 438. The summed E-state index contributed by atoms with van der Waals surface area (Å²) in [5, 5.41) is 13.5. The third-order valence-corrected chi connectivity index (χ3v) is 3.56. The zero-order chi connectivity index (χ0) is 16.8. The monoisotopic (exact) mass is 343 g/mol. The molecule has 3 nitrogen and oxygen atoms in total. The van der Waals surface area contributed by atoms with Crippen LogP contribution in [-0.2, 0) is 6.42 Å². The van der Waals surface area contributed by atoms with E-state index in [4.69, 9.17) is 4.74 Å². The first-order chi connectivity index (χ1) is 10.1. The van der Waals surface area contributed by atoms with E-state index in [2.05, 4.69) is 59.0 Å². The number of ether oxygens (including phenoxy) is 1. The molecule has 2 N–H and O–H groups in total. The molecule has 0 aromatic heterocycles. The van der Waals surface area contributed by atoms with Crippen LogP contribution < -0.4 is 10.1 Å². The van der Waals surface area contributed by atoms with Crippen molar-refractivity contribution in [1.82, 2.24) is 5.32 Å². The maximum absolute atomic E-state index is 10.1. The SMILES string of the molecule is CCc1ccc(OCC(O)CNC(C)(C)CC(C)(C)C)cc1.Cl. The highest BCUT2D eigenvalue weighted by Gasteiger charge is 2.25. The first-order valence-corrected chi connectivity index (χ1v) is 8.26. The van der Waals surface area contributed by atoms with Gasteiger partial charge in [0.2, 0.25) is 0 Å². The van der Waals surface area contributed by atoms with Crippen LogP contribution in [0, 0.1) is 5.41 Å². The topological polar surface area (TPSA) is 41.5 Å². The molecule has 0 aliphatic rings. The molecule has 1 aromatic rings. The number of aryl methyl sites for hydroxylation is 1. The van der Waals surface area contributed by atoms with Gasteiger partial charge in [-0.1, -0.05) is 39.8 Å². The van der Waals surface area contributed by atoms with E-state index in [0.29, 0.717) is 13.2 Å². The summed E-state index contributed by atoms with van der Waals surface area (Å²) in [7, 11) is 0. The molecule has 0 heterocycles. The summed E-state index contributed by atoms with van der Waals surface area (Å²) in [4.78, 5) is 0. The van der Waals surface area contributed by atoms with E-state index in [1.165, 1.54) is 5.56 Å². The molecule has 0 bridgehead atoms. The molecule has 134 valence electrons. The molecule has 0 aliphatic carbocycles. The van der Waals surface area contributed by atoms with Crippen LogP contribution in [0.5, 0.6) is 5.75 Å². The van der Waals surface area contributed by atoms with Gasteiger partial charge >= 0.3 is 0 Å². The maximum atomic E-state index is 10.1. The molecule has 1 rings (SSSR count). The highest BCUT2D eigenvalue weighted by molar-refractivity contribution is 5.85. The summed E-state index contributed by atoms with van der Waals surface area (Å²) in [6.07, 6.45) is 1.56. The molecule has 0 saturated heterocycles. The zero-order valence-electron chi connectivity index (χ0n) is 15.5. The lowest BCUT2D eigenvalue weighted by Crippen LogP contribution is -2.46. The zero-order valence-corrected chi connectivity index (χ0v) is 16.3. The van der Waals surface area contributed by atoms with Gasteiger partial charge in [0.1, 0.15) is 18.5 Å². The van der Waals surface area contributed by atoms with Crippen molar-refractivity contribution in [3.05, 3.63) is 29.8 Å². The van der Waals surface area contributed by atoms with Crippen LogP contribution in [0.15, 0.2) is 24.3 Å². The average Bonchev–Trinajstić information content (AvgIpc) is 2.41. The number of β-amino-alcohol motifs (C(OH)–C–C–N with tert-alkyl or cyclic N) is 1. The van der Waals surface area contributed by atoms with Crippen LogP contribution in [-0.4, -0.2) is 29.9 Å². The van der Waals surface area contributed by atoms with Crippen LogP contribution in [0.25, 0.3) is 0 Å². The lowest BCUT2D eigenvalue weighted by molar-refractivity contribution is 0.0944. The predicted molar refractivity (Wildman–Crippen MR) is 101 cm³/mol. The van der Waals surface area contributed by atoms with Gasteiger partial charge in [0.15, 0.2) is 0 Å². The van der Waals surface area contributed by atoms with Crippen LogP contribution in [0.2, 0.25) is 0 Å². The van der Waals surface area contributed by atoms with Crippen molar-refractivity contribution in [1.29, 1.82) is 0 Å². The van der Waals surface area contributed by atoms with Gasteiger partial charge in [-0.05, 0) is 49.8 Å². The largest absolute Gasteiger partial charge is 0.491 e. The molecule has 0 saturated carbocycles. The quantitative estimate of drug-likeness (QED) is 0.742. The fourth-order valence-electron chi connectivity index (χ4n) is 2.86. The molecule has 0 radical (unpaired) electrons. The fourth-order valence-corrected chi connectivity index (χ4v) is 2.86. The highest BCUT2D eigenvalue weighted by atomic mass is 35.5. The van der Waals surface area contributed by atoms with Gasteiger partial charge in [-0.3, -0.25) is 0 Å². The molecule has 1 aromatic carbocycles. The number of hydrogen-bond acceptors (Lipinski definition) is 3. The van der Waals surface area contributed by atoms with E-state index < -0.39 is 6.10 Å². The van der Waals surface area contributed by atoms with Gasteiger partial charge in [0, 0.05) is 12.1 Å². The minimum Gasteiger partial charge on any atom is -0.491 e. The molecule has 23 heavy (non-hydrogen) atoms. The van der Waals surface area contributed by atoms with Gasteiger partial charge in [-0.15, -0.1) is 12.4 Å². The molecule has 0 aliphatic heterocycles. The summed E-state index contributed by atoms with van der Waals surface area (Å²) >= 11 is 0. The molecule has 0 fully saturated rings. The van der Waals surface area contributed by atoms with Gasteiger partial charge < -0.3 is 15.2 Å². The lowest BCUT2D eigenvalue weighted by Gasteiger charge is -2.34. The van der Waals surface area contributed by atoms with E-state index in [1.54, 1.807) is 0 Å². The van der Waals surface area contributed by atoms with Gasteiger partial charge in [0.05, 0.1) is 0 Å². The summed E-state index contributed by atoms with van der Waals surface area (Å²) in [5.41, 5.74) is 1.56. The summed E-state index contributed by atoms with van der Waals surface area (Å²) in [6.45, 7) is 14.0. The first-order valence-electron chi connectivity index (χ1n) is 8.26. The normalized spacial score (nSPS) is 13.3. The Morgan fingerprint density at radius 1 is 1.09 bits per heavy atom. The molecule has 1 unspecified atom stereocenters. The van der Waals surface area contributed by atoms with Gasteiger partial charge in [-0.2, -0.15) is 0 Å². The van der Waals surface area contributed by atoms with Crippen molar-refractivity contribution in [3.63, 3.8) is 0 Å². The standard InChI is InChI=1S/C19H33NO2.ClH/c1-7-15-8-10-17(11-9-15)22-13-16(21)12-20-19(5,6)14-18(2,3)4;/h8-11,16,20-21H,7,12-14H2,1-6H3;1H. The number of aliphatic hydroxyl groups is 1. The molecular formula is C19H34ClNO2. The molecule has 4 heteroatoms. The Hall–Kier alpha value is -0.770. The van der Waals surface area contributed by atoms with Crippen molar-refractivity contribution < 1.29 is 9.84 Å². The van der Waals surface area contributed by atoms with E-state index in [1.807, 2.05) is 12.1 Å². The van der Waals surface area contributed by atoms with Gasteiger partial charge in [-0.25, -0.2) is 0 Å². The smallest absolute Gasteiger partial charge is 0.119 e. The molecule has 0 amide bonds. The second-order valence-corrected chi connectivity index (χ2v) is 7.96. The number of halogens is 1. The number of hydrogen-bond donors (Lipinski definition) is 2. The minimum absolute atomic E-state index is 0. The van der Waals surface area contributed by atoms with Crippen molar-refractivity contribution >= 4 is 12.4 Å². The Labute approximate surface area is 148 Å². The number of benzene rings is 1. The number of rotatable bonds is 8. The van der Waals surface area contributed by atoms with Crippen LogP contribution in [0.1, 0.15) is 53.5 Å². The van der Waals surface area contributed by atoms with Crippen LogP contribution in [0.3, 0.4) is 0 Å². The van der Waals surface area contributed by atoms with E-state index in [0.717, 1.165) is 18.6 Å². The summed E-state index contributed by atoms with van der Waals surface area (Å²) in [6, 6.07) is 8.05. The second-order valence-electron chi connectivity index (χ2n) is 7.96. The number of aliphatic hydroxyl groups excluding tert-OH is 1. The summed E-state index contributed by atoms with van der Waals surface area (Å²) in [5.74, 6) is 0.810. The Kier molecular flexibility index (Phi) is 9.19. The predicted octanol–water partition coefficient (Wildman–Crippen LogP) is 4.21. The van der Waals surface area contributed by atoms with E-state index in [-0.39, 0.29) is 23.4 Å². The Morgan fingerprint density at radius 2 is 1.65 bits per heavy atom. The first kappa shape index (κ1) is 22.2. The van der Waals surface area contributed by atoms with Crippen molar-refractivity contribution in [2.24, 2.45) is 5.41 Å². The van der Waals surface area contributed by atoms with Crippen molar-refractivity contribution in [3.8, 4) is 5.75 Å². The van der Waals surface area contributed by atoms with E-state index in [9.17, 15) is 5.11 Å². The maximum Gasteiger partial charge on any atom is 0.119 e. The average molecular weight is 344 g/mol. The van der Waals surface area contributed by atoms with Crippen LogP contribution >= 0.6 is 12.4 Å². The second kappa shape index (κ2) is 9.51. The molecule has 1 atom stereocenters. The lowest BCUT2D eigenvalue weighted by atomic mass is 9.82. The van der Waals surface area contributed by atoms with Crippen LogP contribution in [0.4, 0.5) is 0 Å². The van der Waals surface area contributed by atoms with Crippen molar-refractivity contribution in [2.45, 2.75) is 66.0 Å². The van der Waals surface area contributed by atoms with E-state index >= 15 is 0 Å². The van der Waals surface area contributed by atoms with Crippen molar-refractivity contribution in [2.75, 3.05) is 13.2 Å². The third kappa shape index (κ3) is 9.85. The minimum atomic E-state index is -0.509. The van der Waals surface area contributed by atoms with Gasteiger partial charge in [0.25, 0.3) is 0 Å². The third-order valence-electron chi connectivity index (χ3n) is 3.56. The molecule has 0 spiro atoms.